The molecule has 0 unspecified atom stereocenters. The van der Waals surface area contributed by atoms with E-state index in [1.807, 2.05) is 12.1 Å². The van der Waals surface area contributed by atoms with Crippen molar-refractivity contribution in [2.24, 2.45) is 0 Å². The zero-order chi connectivity index (χ0) is 14.6. The van der Waals surface area contributed by atoms with Crippen LogP contribution in [0.5, 0.6) is 5.75 Å². The molecule has 0 aromatic heterocycles. The Hall–Kier alpha value is -1.01. The fourth-order valence-electron chi connectivity index (χ4n) is 1.54. The van der Waals surface area contributed by atoms with Crippen molar-refractivity contribution in [3.63, 3.8) is 0 Å². The van der Waals surface area contributed by atoms with Gasteiger partial charge in [0.05, 0.1) is 45.8 Å². The Bertz CT molecular complexity index is 376. The fourth-order valence-corrected chi connectivity index (χ4v) is 1.71. The number of hydrogen-bond acceptors (Lipinski definition) is 5. The molecule has 0 bridgehead atoms. The summed E-state index contributed by atoms with van der Waals surface area (Å²) in [5.41, 5.74) is 0.861. The molecule has 114 valence electrons. The maximum atomic E-state index is 5.94. The molecule has 0 saturated heterocycles. The van der Waals surface area contributed by atoms with E-state index in [0.717, 1.165) is 11.4 Å². The normalized spacial score (nSPS) is 10.6. The summed E-state index contributed by atoms with van der Waals surface area (Å²) in [6.07, 6.45) is 0. The van der Waals surface area contributed by atoms with Gasteiger partial charge in [-0.3, -0.25) is 0 Å². The Morgan fingerprint density at radius 2 is 1.70 bits per heavy atom. The Labute approximate surface area is 125 Å². The van der Waals surface area contributed by atoms with E-state index < -0.39 is 0 Å². The number of benzene rings is 1. The van der Waals surface area contributed by atoms with Crippen LogP contribution in [0.2, 0.25) is 5.02 Å². The van der Waals surface area contributed by atoms with Crippen LogP contribution in [0.4, 0.5) is 5.69 Å². The van der Waals surface area contributed by atoms with Gasteiger partial charge in [-0.05, 0) is 18.2 Å². The van der Waals surface area contributed by atoms with Crippen molar-refractivity contribution in [1.29, 1.82) is 0 Å². The van der Waals surface area contributed by atoms with E-state index in [2.05, 4.69) is 5.32 Å². The van der Waals surface area contributed by atoms with E-state index in [1.54, 1.807) is 20.3 Å². The van der Waals surface area contributed by atoms with Gasteiger partial charge in [0.25, 0.3) is 0 Å². The van der Waals surface area contributed by atoms with Gasteiger partial charge in [0.1, 0.15) is 5.75 Å². The molecule has 1 aromatic carbocycles. The molecule has 0 aliphatic rings. The van der Waals surface area contributed by atoms with Crippen molar-refractivity contribution < 1.29 is 18.9 Å². The summed E-state index contributed by atoms with van der Waals surface area (Å²) < 4.78 is 20.8. The lowest BCUT2D eigenvalue weighted by atomic mass is 10.3. The van der Waals surface area contributed by atoms with Crippen molar-refractivity contribution in [3.8, 4) is 5.75 Å². The van der Waals surface area contributed by atoms with Crippen molar-refractivity contribution >= 4 is 17.3 Å². The van der Waals surface area contributed by atoms with Gasteiger partial charge in [-0.15, -0.1) is 0 Å². The molecule has 6 heteroatoms. The Morgan fingerprint density at radius 1 is 1.00 bits per heavy atom. The largest absolute Gasteiger partial charge is 0.495 e. The van der Waals surface area contributed by atoms with E-state index in [9.17, 15) is 0 Å². The van der Waals surface area contributed by atoms with Crippen LogP contribution in [0.25, 0.3) is 0 Å². The number of anilines is 1. The maximum Gasteiger partial charge on any atom is 0.142 e. The highest BCUT2D eigenvalue weighted by atomic mass is 35.5. The van der Waals surface area contributed by atoms with Crippen LogP contribution in [0, 0.1) is 0 Å². The highest BCUT2D eigenvalue weighted by Crippen LogP contribution is 2.27. The molecule has 5 nitrogen and oxygen atoms in total. The average Bonchev–Trinajstić information content (AvgIpc) is 2.46. The first-order valence-corrected chi connectivity index (χ1v) is 6.87. The topological polar surface area (TPSA) is 49.0 Å². The molecular formula is C14H22ClNO4. The smallest absolute Gasteiger partial charge is 0.142 e. The van der Waals surface area contributed by atoms with Crippen LogP contribution in [0.1, 0.15) is 0 Å². The summed E-state index contributed by atoms with van der Waals surface area (Å²) in [5, 5.41) is 3.89. The molecule has 0 atom stereocenters. The molecule has 0 heterocycles. The van der Waals surface area contributed by atoms with Crippen LogP contribution in [-0.2, 0) is 14.2 Å². The van der Waals surface area contributed by atoms with Gasteiger partial charge in [-0.1, -0.05) is 11.6 Å². The second kappa shape index (κ2) is 10.7. The second-order valence-corrected chi connectivity index (χ2v) is 4.43. The van der Waals surface area contributed by atoms with E-state index in [1.165, 1.54) is 0 Å². The minimum Gasteiger partial charge on any atom is -0.495 e. The van der Waals surface area contributed by atoms with Crippen LogP contribution in [0.3, 0.4) is 0 Å². The number of hydrogen-bond donors (Lipinski definition) is 1. The Kier molecular flexibility index (Phi) is 9.15. The second-order valence-electron chi connectivity index (χ2n) is 3.99. The van der Waals surface area contributed by atoms with Gasteiger partial charge >= 0.3 is 0 Å². The number of rotatable bonds is 11. The summed E-state index contributed by atoms with van der Waals surface area (Å²) in [4.78, 5) is 0. The number of ether oxygens (including phenoxy) is 4. The Morgan fingerprint density at radius 3 is 2.40 bits per heavy atom. The quantitative estimate of drug-likeness (QED) is 0.636. The standard InChI is InChI=1S/C14H22ClNO4/c1-17-7-8-20-10-9-19-6-5-16-13-11-12(15)3-4-14(13)18-2/h3-4,11,16H,5-10H2,1-2H3. The van der Waals surface area contributed by atoms with E-state index in [0.29, 0.717) is 44.6 Å². The summed E-state index contributed by atoms with van der Waals surface area (Å²) in [6.45, 7) is 3.61. The van der Waals surface area contributed by atoms with Crippen LogP contribution < -0.4 is 10.1 Å². The first-order chi connectivity index (χ1) is 9.77. The molecule has 0 radical (unpaired) electrons. The zero-order valence-corrected chi connectivity index (χ0v) is 12.7. The van der Waals surface area contributed by atoms with Crippen molar-refractivity contribution in [2.45, 2.75) is 0 Å². The molecule has 1 aromatic rings. The highest BCUT2D eigenvalue weighted by Gasteiger charge is 2.02. The van der Waals surface area contributed by atoms with Gasteiger partial charge in [0.2, 0.25) is 0 Å². The monoisotopic (exact) mass is 303 g/mol. The lowest BCUT2D eigenvalue weighted by molar-refractivity contribution is 0.0272. The van der Waals surface area contributed by atoms with E-state index in [-0.39, 0.29) is 0 Å². The maximum absolute atomic E-state index is 5.94. The molecule has 0 amide bonds. The molecule has 1 rings (SSSR count). The third kappa shape index (κ3) is 6.96. The van der Waals surface area contributed by atoms with Crippen LogP contribution >= 0.6 is 11.6 Å². The number of nitrogens with one attached hydrogen (secondary N) is 1. The molecule has 20 heavy (non-hydrogen) atoms. The van der Waals surface area contributed by atoms with Crippen molar-refractivity contribution in [1.82, 2.24) is 0 Å². The SMILES string of the molecule is COCCOCCOCCNc1cc(Cl)ccc1OC. The van der Waals surface area contributed by atoms with Gasteiger partial charge in [0, 0.05) is 18.7 Å². The summed E-state index contributed by atoms with van der Waals surface area (Å²) in [7, 11) is 3.28. The van der Waals surface area contributed by atoms with Gasteiger partial charge < -0.3 is 24.3 Å². The minimum atomic E-state index is 0.568. The Balaban J connectivity index is 2.10. The van der Waals surface area contributed by atoms with E-state index in [4.69, 9.17) is 30.5 Å². The first-order valence-electron chi connectivity index (χ1n) is 6.49. The predicted octanol–water partition coefficient (Wildman–Crippen LogP) is 2.44. The lowest BCUT2D eigenvalue weighted by Crippen LogP contribution is -2.14. The van der Waals surface area contributed by atoms with Crippen molar-refractivity contribution in [3.05, 3.63) is 23.2 Å². The van der Waals surface area contributed by atoms with Gasteiger partial charge in [-0.25, -0.2) is 0 Å². The first kappa shape index (κ1) is 17.0. The van der Waals surface area contributed by atoms with Gasteiger partial charge in [0.15, 0.2) is 0 Å². The summed E-state index contributed by atoms with van der Waals surface area (Å²) >= 11 is 5.94. The predicted molar refractivity (Wildman–Crippen MR) is 80.0 cm³/mol. The molecule has 0 aliphatic heterocycles. The van der Waals surface area contributed by atoms with Gasteiger partial charge in [-0.2, -0.15) is 0 Å². The summed E-state index contributed by atoms with van der Waals surface area (Å²) in [5.74, 6) is 0.761. The van der Waals surface area contributed by atoms with Crippen LogP contribution in [-0.4, -0.2) is 53.8 Å². The average molecular weight is 304 g/mol. The highest BCUT2D eigenvalue weighted by molar-refractivity contribution is 6.30. The summed E-state index contributed by atoms with van der Waals surface area (Å²) in [6, 6.07) is 5.45. The molecule has 0 aliphatic carbocycles. The van der Waals surface area contributed by atoms with E-state index >= 15 is 0 Å². The third-order valence-corrected chi connectivity index (χ3v) is 2.76. The lowest BCUT2D eigenvalue weighted by Gasteiger charge is -2.11. The third-order valence-electron chi connectivity index (χ3n) is 2.53. The molecule has 0 spiro atoms. The molecular weight excluding hydrogens is 282 g/mol. The van der Waals surface area contributed by atoms with Crippen molar-refractivity contribution in [2.75, 3.05) is 59.1 Å². The minimum absolute atomic E-state index is 0.568. The molecule has 0 fully saturated rings. The molecule has 0 saturated carbocycles. The fraction of sp³-hybridized carbons (Fsp3) is 0.571. The number of methoxy groups -OCH3 is 2. The van der Waals surface area contributed by atoms with Crippen LogP contribution in [0.15, 0.2) is 18.2 Å². The molecule has 1 N–H and O–H groups in total. The zero-order valence-electron chi connectivity index (χ0n) is 12.0. The number of halogens is 1.